The van der Waals surface area contributed by atoms with Crippen molar-refractivity contribution in [2.75, 3.05) is 26.8 Å². The zero-order chi connectivity index (χ0) is 17.9. The van der Waals surface area contributed by atoms with E-state index in [9.17, 15) is 4.79 Å². The summed E-state index contributed by atoms with van der Waals surface area (Å²) in [5.74, 6) is -0.0455. The predicted octanol–water partition coefficient (Wildman–Crippen LogP) is 1.86. The van der Waals surface area contributed by atoms with Gasteiger partial charge < -0.3 is 14.4 Å². The van der Waals surface area contributed by atoms with Crippen LogP contribution < -0.4 is 0 Å². The third kappa shape index (κ3) is 3.83. The molecule has 25 heavy (non-hydrogen) atoms. The van der Waals surface area contributed by atoms with Gasteiger partial charge in [-0.15, -0.1) is 0 Å². The van der Waals surface area contributed by atoms with Crippen LogP contribution in [0.4, 0.5) is 0 Å². The van der Waals surface area contributed by atoms with Crippen molar-refractivity contribution in [3.8, 4) is 11.3 Å². The summed E-state index contributed by atoms with van der Waals surface area (Å²) >= 11 is 0. The number of pyridine rings is 1. The van der Waals surface area contributed by atoms with Crippen LogP contribution in [0.25, 0.3) is 11.3 Å². The summed E-state index contributed by atoms with van der Waals surface area (Å²) in [5, 5.41) is 0. The molecule has 1 aliphatic rings. The average molecular weight is 342 g/mol. The van der Waals surface area contributed by atoms with Gasteiger partial charge in [0.1, 0.15) is 18.0 Å². The molecule has 3 rings (SSSR count). The normalized spacial score (nSPS) is 18.2. The van der Waals surface area contributed by atoms with Crippen LogP contribution in [-0.4, -0.2) is 58.2 Å². The summed E-state index contributed by atoms with van der Waals surface area (Å²) in [6.45, 7) is 5.01. The molecular weight excluding hydrogens is 320 g/mol. The Morgan fingerprint density at radius 2 is 2.08 bits per heavy atom. The molecule has 0 radical (unpaired) electrons. The number of aromatic nitrogens is 3. The average Bonchev–Trinajstić information content (AvgIpc) is 2.68. The number of hydrogen-bond donors (Lipinski definition) is 0. The second-order valence-electron chi connectivity index (χ2n) is 6.40. The smallest absolute Gasteiger partial charge is 0.254 e. The molecule has 1 fully saturated rings. The maximum Gasteiger partial charge on any atom is 0.254 e. The summed E-state index contributed by atoms with van der Waals surface area (Å²) in [6, 6.07) is 5.74. The summed E-state index contributed by atoms with van der Waals surface area (Å²) < 4.78 is 11.2. The van der Waals surface area contributed by atoms with Gasteiger partial charge in [0.15, 0.2) is 0 Å². The topological polar surface area (TPSA) is 77.4 Å². The highest BCUT2D eigenvalue weighted by atomic mass is 16.5. The standard InChI is InChI=1S/C18H22N4O3/c1-18(2,24-3)17(23)22-7-8-25-16(11-22)15-6-4-5-14(21-15)13-9-19-12-20-10-13/h4-6,9-10,12,16H,7-8,11H2,1-3H3. The van der Waals surface area contributed by atoms with E-state index in [1.807, 2.05) is 18.2 Å². The Hall–Kier alpha value is -2.38. The molecule has 2 aromatic heterocycles. The quantitative estimate of drug-likeness (QED) is 0.844. The van der Waals surface area contributed by atoms with Gasteiger partial charge in [0.2, 0.25) is 0 Å². The number of hydrogen-bond acceptors (Lipinski definition) is 6. The molecule has 0 N–H and O–H groups in total. The molecule has 0 aliphatic carbocycles. The SMILES string of the molecule is COC(C)(C)C(=O)N1CCOC(c2cccc(-c3cncnc3)n2)C1. The first-order valence-electron chi connectivity index (χ1n) is 8.20. The van der Waals surface area contributed by atoms with Crippen LogP contribution in [0.1, 0.15) is 25.6 Å². The van der Waals surface area contributed by atoms with Gasteiger partial charge in [0.05, 0.1) is 24.5 Å². The molecule has 0 spiro atoms. The van der Waals surface area contributed by atoms with Crippen molar-refractivity contribution >= 4 is 5.91 Å². The van der Waals surface area contributed by atoms with E-state index in [0.29, 0.717) is 19.7 Å². The zero-order valence-electron chi connectivity index (χ0n) is 14.7. The van der Waals surface area contributed by atoms with Gasteiger partial charge >= 0.3 is 0 Å². The number of amides is 1. The van der Waals surface area contributed by atoms with E-state index >= 15 is 0 Å². The number of morpholine rings is 1. The molecule has 0 bridgehead atoms. The first kappa shape index (κ1) is 17.4. The number of methoxy groups -OCH3 is 1. The zero-order valence-corrected chi connectivity index (χ0v) is 14.7. The lowest BCUT2D eigenvalue weighted by Crippen LogP contribution is -2.51. The molecule has 132 valence electrons. The number of nitrogens with zero attached hydrogens (tertiary/aromatic N) is 4. The third-order valence-electron chi connectivity index (χ3n) is 4.34. The van der Waals surface area contributed by atoms with E-state index in [4.69, 9.17) is 9.47 Å². The molecule has 1 aliphatic heterocycles. The number of carbonyl (C=O) groups is 1. The monoisotopic (exact) mass is 342 g/mol. The molecule has 2 aromatic rings. The van der Waals surface area contributed by atoms with Crippen LogP contribution in [0.15, 0.2) is 36.9 Å². The largest absolute Gasteiger partial charge is 0.369 e. The van der Waals surface area contributed by atoms with Gasteiger partial charge in [-0.25, -0.2) is 15.0 Å². The molecule has 1 atom stereocenters. The number of rotatable bonds is 4. The van der Waals surface area contributed by atoms with Crippen molar-refractivity contribution in [3.63, 3.8) is 0 Å². The molecular formula is C18H22N4O3. The summed E-state index contributed by atoms with van der Waals surface area (Å²) in [6.07, 6.45) is 4.66. The summed E-state index contributed by atoms with van der Waals surface area (Å²) in [5.41, 5.74) is 1.56. The molecule has 7 nitrogen and oxygen atoms in total. The molecule has 1 saturated heterocycles. The fraction of sp³-hybridized carbons (Fsp3) is 0.444. The minimum Gasteiger partial charge on any atom is -0.369 e. The Morgan fingerprint density at radius 1 is 1.32 bits per heavy atom. The molecule has 0 saturated carbocycles. The first-order valence-corrected chi connectivity index (χ1v) is 8.20. The predicted molar refractivity (Wildman–Crippen MR) is 91.6 cm³/mol. The molecule has 1 unspecified atom stereocenters. The highest BCUT2D eigenvalue weighted by molar-refractivity contribution is 5.84. The van der Waals surface area contributed by atoms with Crippen molar-refractivity contribution < 1.29 is 14.3 Å². The van der Waals surface area contributed by atoms with Gasteiger partial charge in [-0.1, -0.05) is 6.07 Å². The second kappa shape index (κ2) is 7.25. The van der Waals surface area contributed by atoms with Gasteiger partial charge in [-0.2, -0.15) is 0 Å². The highest BCUT2D eigenvalue weighted by Crippen LogP contribution is 2.25. The maximum absolute atomic E-state index is 12.6. The van der Waals surface area contributed by atoms with Crippen molar-refractivity contribution in [3.05, 3.63) is 42.6 Å². The Bertz CT molecular complexity index is 736. The molecule has 3 heterocycles. The van der Waals surface area contributed by atoms with E-state index in [-0.39, 0.29) is 12.0 Å². The Labute approximate surface area is 147 Å². The Morgan fingerprint density at radius 3 is 2.80 bits per heavy atom. The van der Waals surface area contributed by atoms with Crippen LogP contribution in [0.2, 0.25) is 0 Å². The van der Waals surface area contributed by atoms with Crippen LogP contribution in [-0.2, 0) is 14.3 Å². The van der Waals surface area contributed by atoms with E-state index in [2.05, 4.69) is 15.0 Å². The second-order valence-corrected chi connectivity index (χ2v) is 6.40. The Balaban J connectivity index is 1.79. The number of carbonyl (C=O) groups excluding carboxylic acids is 1. The van der Waals surface area contributed by atoms with Crippen LogP contribution >= 0.6 is 0 Å². The van der Waals surface area contributed by atoms with Gasteiger partial charge in [0.25, 0.3) is 5.91 Å². The van der Waals surface area contributed by atoms with Crippen LogP contribution in [0.3, 0.4) is 0 Å². The third-order valence-corrected chi connectivity index (χ3v) is 4.34. The van der Waals surface area contributed by atoms with Crippen LogP contribution in [0.5, 0.6) is 0 Å². The fourth-order valence-electron chi connectivity index (χ4n) is 2.70. The first-order chi connectivity index (χ1) is 12.0. The molecule has 0 aromatic carbocycles. The van der Waals surface area contributed by atoms with Gasteiger partial charge in [0, 0.05) is 31.6 Å². The van der Waals surface area contributed by atoms with Crippen molar-refractivity contribution in [2.45, 2.75) is 25.6 Å². The lowest BCUT2D eigenvalue weighted by atomic mass is 10.1. The van der Waals surface area contributed by atoms with Crippen molar-refractivity contribution in [1.82, 2.24) is 19.9 Å². The van der Waals surface area contributed by atoms with E-state index < -0.39 is 5.60 Å². The van der Waals surface area contributed by atoms with E-state index in [1.165, 1.54) is 6.33 Å². The highest BCUT2D eigenvalue weighted by Gasteiger charge is 2.35. The van der Waals surface area contributed by atoms with Gasteiger partial charge in [-0.05, 0) is 26.0 Å². The Kier molecular flexibility index (Phi) is 5.06. The maximum atomic E-state index is 12.6. The number of ether oxygens (including phenoxy) is 2. The van der Waals surface area contributed by atoms with Crippen molar-refractivity contribution in [1.29, 1.82) is 0 Å². The van der Waals surface area contributed by atoms with Crippen molar-refractivity contribution in [2.24, 2.45) is 0 Å². The summed E-state index contributed by atoms with van der Waals surface area (Å²) in [7, 11) is 1.54. The van der Waals surface area contributed by atoms with E-state index in [1.54, 1.807) is 38.3 Å². The fourth-order valence-corrected chi connectivity index (χ4v) is 2.70. The minimum atomic E-state index is -0.849. The minimum absolute atomic E-state index is 0.0455. The summed E-state index contributed by atoms with van der Waals surface area (Å²) in [4.78, 5) is 27.1. The van der Waals surface area contributed by atoms with Gasteiger partial charge in [-0.3, -0.25) is 4.79 Å². The lowest BCUT2D eigenvalue weighted by Gasteiger charge is -2.36. The lowest BCUT2D eigenvalue weighted by molar-refractivity contribution is -0.158. The van der Waals surface area contributed by atoms with E-state index in [0.717, 1.165) is 17.0 Å². The molecule has 1 amide bonds. The molecule has 7 heteroatoms. The van der Waals surface area contributed by atoms with Crippen LogP contribution in [0, 0.1) is 0 Å².